The van der Waals surface area contributed by atoms with E-state index in [4.69, 9.17) is 0 Å². The van der Waals surface area contributed by atoms with E-state index in [0.29, 0.717) is 24.3 Å². The molecule has 1 saturated heterocycles. The molecule has 3 rings (SSSR count). The Balaban J connectivity index is 1.63. The summed E-state index contributed by atoms with van der Waals surface area (Å²) in [5.74, 6) is 0.0568. The van der Waals surface area contributed by atoms with E-state index in [0.717, 1.165) is 25.7 Å². The number of aliphatic hydroxyl groups is 1. The Morgan fingerprint density at radius 2 is 1.86 bits per heavy atom. The summed E-state index contributed by atoms with van der Waals surface area (Å²) in [6, 6.07) is 7.04. The number of nitrogens with zero attached hydrogens (tertiary/aromatic N) is 1. The fourth-order valence-corrected chi connectivity index (χ4v) is 3.14. The maximum atomic E-state index is 12.3. The molecule has 0 unspecified atom stereocenters. The predicted molar refractivity (Wildman–Crippen MR) is 83.6 cm³/mol. The molecule has 0 atom stereocenters. The highest BCUT2D eigenvalue weighted by Gasteiger charge is 2.29. The molecule has 0 aromatic heterocycles. The highest BCUT2D eigenvalue weighted by molar-refractivity contribution is 5.98. The molecule has 2 fully saturated rings. The number of nitrogens with one attached hydrogen (secondary N) is 1. The van der Waals surface area contributed by atoms with Crippen molar-refractivity contribution in [3.63, 3.8) is 0 Å². The fourth-order valence-electron chi connectivity index (χ4n) is 3.14. The number of rotatable bonds is 3. The van der Waals surface area contributed by atoms with E-state index in [1.165, 1.54) is 6.42 Å². The van der Waals surface area contributed by atoms with Crippen molar-refractivity contribution in [3.05, 3.63) is 29.8 Å². The highest BCUT2D eigenvalue weighted by atomic mass is 16.3. The van der Waals surface area contributed by atoms with Gasteiger partial charge in [0.05, 0.1) is 6.10 Å². The maximum absolute atomic E-state index is 12.3. The van der Waals surface area contributed by atoms with E-state index in [9.17, 15) is 14.7 Å². The van der Waals surface area contributed by atoms with Gasteiger partial charge in [-0.05, 0) is 31.0 Å². The van der Waals surface area contributed by atoms with Gasteiger partial charge in [-0.2, -0.15) is 0 Å². The molecule has 2 amide bonds. The molecule has 5 nitrogen and oxygen atoms in total. The number of aliphatic hydroxyl groups excluding tert-OH is 1. The number of β-amino-alcohol motifs (C(OH)–C–C–N with tert-alkyl or cyclic N) is 1. The first-order valence-corrected chi connectivity index (χ1v) is 8.02. The lowest BCUT2D eigenvalue weighted by Gasteiger charge is -2.35. The summed E-state index contributed by atoms with van der Waals surface area (Å²) in [7, 11) is 0. The number of carbonyl (C=O) groups is 2. The van der Waals surface area contributed by atoms with E-state index >= 15 is 0 Å². The second-order valence-electron chi connectivity index (χ2n) is 6.27. The van der Waals surface area contributed by atoms with Crippen LogP contribution in [0, 0.1) is 5.92 Å². The van der Waals surface area contributed by atoms with Gasteiger partial charge in [0.25, 0.3) is 5.91 Å². The first-order valence-electron chi connectivity index (χ1n) is 8.02. The molecule has 2 N–H and O–H groups in total. The van der Waals surface area contributed by atoms with Crippen LogP contribution in [0.3, 0.4) is 0 Å². The first kappa shape index (κ1) is 15.0. The Hall–Kier alpha value is -1.88. The molecule has 2 aliphatic rings. The maximum Gasteiger partial charge on any atom is 0.254 e. The molecule has 118 valence electrons. The van der Waals surface area contributed by atoms with Gasteiger partial charge in [-0.3, -0.25) is 9.59 Å². The molecule has 1 heterocycles. The Morgan fingerprint density at radius 1 is 1.14 bits per heavy atom. The van der Waals surface area contributed by atoms with Crippen LogP contribution in [0.25, 0.3) is 0 Å². The lowest BCUT2D eigenvalue weighted by atomic mass is 9.88. The van der Waals surface area contributed by atoms with Crippen LogP contribution in [0.15, 0.2) is 24.3 Å². The predicted octanol–water partition coefficient (Wildman–Crippen LogP) is 2.02. The van der Waals surface area contributed by atoms with Crippen molar-refractivity contribution in [3.8, 4) is 0 Å². The number of amides is 2. The van der Waals surface area contributed by atoms with Crippen LogP contribution in [0.1, 0.15) is 42.5 Å². The normalized spacial score (nSPS) is 19.6. The standard InChI is InChI=1S/C17H22N2O3/c20-15-10-19(11-15)17(22)13-7-4-8-14(9-13)18-16(21)12-5-2-1-3-6-12/h4,7-9,12,15,20H,1-3,5-6,10-11H2,(H,18,21). The zero-order valence-corrected chi connectivity index (χ0v) is 12.6. The molecule has 1 aromatic rings. The van der Waals surface area contributed by atoms with Crippen molar-refractivity contribution in [1.82, 2.24) is 4.90 Å². The highest BCUT2D eigenvalue weighted by Crippen LogP contribution is 2.25. The second kappa shape index (κ2) is 6.48. The van der Waals surface area contributed by atoms with Gasteiger partial charge in [0.15, 0.2) is 0 Å². The first-order chi connectivity index (χ1) is 10.6. The average molecular weight is 302 g/mol. The minimum Gasteiger partial charge on any atom is -0.389 e. The summed E-state index contributed by atoms with van der Waals surface area (Å²) in [6.07, 6.45) is 4.96. The molecule has 1 saturated carbocycles. The molecule has 0 spiro atoms. The Bertz CT molecular complexity index is 561. The minimum atomic E-state index is -0.405. The number of anilines is 1. The minimum absolute atomic E-state index is 0.0590. The van der Waals surface area contributed by atoms with Crippen LogP contribution in [0.4, 0.5) is 5.69 Å². The van der Waals surface area contributed by atoms with Gasteiger partial charge in [-0.1, -0.05) is 25.3 Å². The van der Waals surface area contributed by atoms with Gasteiger partial charge in [0.1, 0.15) is 0 Å². The largest absolute Gasteiger partial charge is 0.389 e. The van der Waals surface area contributed by atoms with Crippen molar-refractivity contribution >= 4 is 17.5 Å². The third kappa shape index (κ3) is 3.30. The van der Waals surface area contributed by atoms with Crippen molar-refractivity contribution < 1.29 is 14.7 Å². The van der Waals surface area contributed by atoms with Crippen LogP contribution in [-0.2, 0) is 4.79 Å². The third-order valence-electron chi connectivity index (χ3n) is 4.50. The van der Waals surface area contributed by atoms with E-state index in [-0.39, 0.29) is 17.7 Å². The molecule has 5 heteroatoms. The molecular weight excluding hydrogens is 280 g/mol. The summed E-state index contributed by atoms with van der Waals surface area (Å²) in [5.41, 5.74) is 1.22. The zero-order valence-electron chi connectivity index (χ0n) is 12.6. The van der Waals surface area contributed by atoms with E-state index in [2.05, 4.69) is 5.32 Å². The number of benzene rings is 1. The van der Waals surface area contributed by atoms with Crippen molar-refractivity contribution in [2.24, 2.45) is 5.92 Å². The monoisotopic (exact) mass is 302 g/mol. The van der Waals surface area contributed by atoms with E-state index in [1.54, 1.807) is 23.1 Å². The SMILES string of the molecule is O=C(Nc1cccc(C(=O)N2CC(O)C2)c1)C1CCCCC1. The van der Waals surface area contributed by atoms with Crippen LogP contribution >= 0.6 is 0 Å². The van der Waals surface area contributed by atoms with E-state index < -0.39 is 6.10 Å². The molecule has 1 aromatic carbocycles. The lowest BCUT2D eigenvalue weighted by Crippen LogP contribution is -2.53. The fraction of sp³-hybridized carbons (Fsp3) is 0.529. The number of carbonyl (C=O) groups excluding carboxylic acids is 2. The quantitative estimate of drug-likeness (QED) is 0.897. The number of hydrogen-bond donors (Lipinski definition) is 2. The Morgan fingerprint density at radius 3 is 2.55 bits per heavy atom. The van der Waals surface area contributed by atoms with Crippen molar-refractivity contribution in [2.75, 3.05) is 18.4 Å². The third-order valence-corrected chi connectivity index (χ3v) is 4.50. The molecular formula is C17H22N2O3. The summed E-state index contributed by atoms with van der Waals surface area (Å²) >= 11 is 0. The zero-order chi connectivity index (χ0) is 15.5. The summed E-state index contributed by atoms with van der Waals surface area (Å²) in [4.78, 5) is 26.1. The molecule has 0 bridgehead atoms. The average Bonchev–Trinajstić information content (AvgIpc) is 2.52. The number of hydrogen-bond acceptors (Lipinski definition) is 3. The van der Waals surface area contributed by atoms with Gasteiger partial charge in [-0.15, -0.1) is 0 Å². The van der Waals surface area contributed by atoms with Crippen LogP contribution < -0.4 is 5.32 Å². The van der Waals surface area contributed by atoms with Crippen LogP contribution in [0.5, 0.6) is 0 Å². The van der Waals surface area contributed by atoms with Crippen molar-refractivity contribution in [2.45, 2.75) is 38.2 Å². The summed E-state index contributed by atoms with van der Waals surface area (Å²) in [5, 5.41) is 12.2. The smallest absolute Gasteiger partial charge is 0.254 e. The Labute approximate surface area is 130 Å². The van der Waals surface area contributed by atoms with Gasteiger partial charge in [0.2, 0.25) is 5.91 Å². The molecule has 22 heavy (non-hydrogen) atoms. The van der Waals surface area contributed by atoms with Crippen LogP contribution in [-0.4, -0.2) is 41.0 Å². The molecule has 0 radical (unpaired) electrons. The topological polar surface area (TPSA) is 69.6 Å². The van der Waals surface area contributed by atoms with E-state index in [1.807, 2.05) is 6.07 Å². The van der Waals surface area contributed by atoms with Gasteiger partial charge in [0, 0.05) is 30.3 Å². The number of likely N-dealkylation sites (tertiary alicyclic amines) is 1. The lowest BCUT2D eigenvalue weighted by molar-refractivity contribution is -0.120. The van der Waals surface area contributed by atoms with Gasteiger partial charge >= 0.3 is 0 Å². The van der Waals surface area contributed by atoms with Crippen LogP contribution in [0.2, 0.25) is 0 Å². The molecule has 1 aliphatic heterocycles. The summed E-state index contributed by atoms with van der Waals surface area (Å²) < 4.78 is 0. The van der Waals surface area contributed by atoms with Crippen molar-refractivity contribution in [1.29, 1.82) is 0 Å². The molecule has 1 aliphatic carbocycles. The second-order valence-corrected chi connectivity index (χ2v) is 6.27. The van der Waals surface area contributed by atoms with Gasteiger partial charge in [-0.25, -0.2) is 0 Å². The van der Waals surface area contributed by atoms with Gasteiger partial charge < -0.3 is 15.3 Å². The Kier molecular flexibility index (Phi) is 4.43. The summed E-state index contributed by atoms with van der Waals surface area (Å²) in [6.45, 7) is 0.773.